The van der Waals surface area contributed by atoms with Gasteiger partial charge in [0.15, 0.2) is 0 Å². The molecule has 0 atom stereocenters. The molecule has 1 aliphatic heterocycles. The molecule has 0 bridgehead atoms. The van der Waals surface area contributed by atoms with E-state index in [-0.39, 0.29) is 5.91 Å². The van der Waals surface area contributed by atoms with Crippen LogP contribution < -0.4 is 10.6 Å². The number of para-hydroxylation sites is 1. The van der Waals surface area contributed by atoms with E-state index in [1.165, 1.54) is 6.26 Å². The molecule has 2 aromatic rings. The minimum Gasteiger partial charge on any atom is -0.463 e. The van der Waals surface area contributed by atoms with Gasteiger partial charge in [0.2, 0.25) is 0 Å². The van der Waals surface area contributed by atoms with E-state index in [1.807, 2.05) is 24.3 Å². The summed E-state index contributed by atoms with van der Waals surface area (Å²) in [4.78, 5) is 12.1. The summed E-state index contributed by atoms with van der Waals surface area (Å²) >= 11 is 0. The van der Waals surface area contributed by atoms with Gasteiger partial charge in [-0.15, -0.1) is 0 Å². The lowest BCUT2D eigenvalue weighted by atomic mass is 10.1. The first-order valence-electron chi connectivity index (χ1n) is 7.41. The summed E-state index contributed by atoms with van der Waals surface area (Å²) in [5, 5.41) is 7.02. The molecule has 5 nitrogen and oxygen atoms in total. The van der Waals surface area contributed by atoms with Crippen molar-refractivity contribution in [1.29, 1.82) is 0 Å². The van der Waals surface area contributed by atoms with Crippen LogP contribution in [0.15, 0.2) is 34.9 Å². The van der Waals surface area contributed by atoms with Crippen molar-refractivity contribution in [3.63, 3.8) is 0 Å². The number of rotatable bonds is 5. The molecule has 1 aromatic heterocycles. The third-order valence-corrected chi connectivity index (χ3v) is 3.75. The number of nitrogens with one attached hydrogen (secondary N) is 2. The maximum absolute atomic E-state index is 12.1. The van der Waals surface area contributed by atoms with Crippen LogP contribution in [0.3, 0.4) is 0 Å². The van der Waals surface area contributed by atoms with Gasteiger partial charge < -0.3 is 19.8 Å². The maximum atomic E-state index is 12.1. The molecule has 1 aromatic carbocycles. The Kier molecular flexibility index (Phi) is 4.52. The Morgan fingerprint density at radius 2 is 2.14 bits per heavy atom. The molecule has 1 fully saturated rings. The van der Waals surface area contributed by atoms with E-state index >= 15 is 0 Å². The Morgan fingerprint density at radius 3 is 3.00 bits per heavy atom. The molecule has 21 heavy (non-hydrogen) atoms. The second-order valence-electron chi connectivity index (χ2n) is 5.22. The zero-order chi connectivity index (χ0) is 14.5. The molecule has 1 saturated heterocycles. The van der Waals surface area contributed by atoms with Crippen LogP contribution in [0.2, 0.25) is 0 Å². The van der Waals surface area contributed by atoms with Gasteiger partial charge in [-0.1, -0.05) is 18.2 Å². The minimum absolute atomic E-state index is 0.117. The minimum atomic E-state index is -0.117. The first kappa shape index (κ1) is 14.1. The molecule has 1 aliphatic rings. The van der Waals surface area contributed by atoms with Crippen LogP contribution in [0.1, 0.15) is 23.2 Å². The van der Waals surface area contributed by atoms with Crippen LogP contribution in [0.25, 0.3) is 11.0 Å². The van der Waals surface area contributed by atoms with E-state index in [9.17, 15) is 4.79 Å². The lowest BCUT2D eigenvalue weighted by Gasteiger charge is -2.22. The molecule has 0 aliphatic carbocycles. The summed E-state index contributed by atoms with van der Waals surface area (Å²) in [6.45, 7) is 3.09. The van der Waals surface area contributed by atoms with Crippen LogP contribution in [0.5, 0.6) is 0 Å². The SMILES string of the molecule is O=C(NCCOC1CCNCC1)c1coc2ccccc12. The molecular formula is C16H20N2O3. The fourth-order valence-corrected chi connectivity index (χ4v) is 2.60. The van der Waals surface area contributed by atoms with E-state index < -0.39 is 0 Å². The average Bonchev–Trinajstić information content (AvgIpc) is 2.96. The monoisotopic (exact) mass is 288 g/mol. The zero-order valence-corrected chi connectivity index (χ0v) is 11.9. The number of furan rings is 1. The van der Waals surface area contributed by atoms with Gasteiger partial charge in [0.25, 0.3) is 5.91 Å². The Labute approximate surface area is 123 Å². The predicted octanol–water partition coefficient (Wildman–Crippen LogP) is 1.93. The zero-order valence-electron chi connectivity index (χ0n) is 11.9. The normalized spacial score (nSPS) is 16.2. The van der Waals surface area contributed by atoms with Crippen molar-refractivity contribution >= 4 is 16.9 Å². The fraction of sp³-hybridized carbons (Fsp3) is 0.438. The smallest absolute Gasteiger partial charge is 0.255 e. The molecule has 2 heterocycles. The average molecular weight is 288 g/mol. The number of hydrogen-bond donors (Lipinski definition) is 2. The topological polar surface area (TPSA) is 63.5 Å². The Bertz CT molecular complexity index is 602. The van der Waals surface area contributed by atoms with Crippen LogP contribution in [0.4, 0.5) is 0 Å². The van der Waals surface area contributed by atoms with Crippen LogP contribution in [-0.4, -0.2) is 38.3 Å². The third-order valence-electron chi connectivity index (χ3n) is 3.75. The number of ether oxygens (including phenoxy) is 1. The van der Waals surface area contributed by atoms with Gasteiger partial charge in [0.05, 0.1) is 18.3 Å². The Morgan fingerprint density at radius 1 is 1.33 bits per heavy atom. The predicted molar refractivity (Wildman–Crippen MR) is 80.4 cm³/mol. The molecule has 5 heteroatoms. The summed E-state index contributed by atoms with van der Waals surface area (Å²) < 4.78 is 11.1. The fourth-order valence-electron chi connectivity index (χ4n) is 2.60. The van der Waals surface area contributed by atoms with Crippen molar-refractivity contribution in [1.82, 2.24) is 10.6 Å². The summed E-state index contributed by atoms with van der Waals surface area (Å²) in [6.07, 6.45) is 3.91. The lowest BCUT2D eigenvalue weighted by molar-refractivity contribution is 0.0343. The summed E-state index contributed by atoms with van der Waals surface area (Å²) in [5.41, 5.74) is 1.31. The highest BCUT2D eigenvalue weighted by Crippen LogP contribution is 2.20. The second-order valence-corrected chi connectivity index (χ2v) is 5.22. The van der Waals surface area contributed by atoms with Gasteiger partial charge in [0, 0.05) is 11.9 Å². The van der Waals surface area contributed by atoms with Crippen LogP contribution in [0, 0.1) is 0 Å². The van der Waals surface area contributed by atoms with E-state index in [0.717, 1.165) is 36.9 Å². The molecule has 0 spiro atoms. The number of amides is 1. The van der Waals surface area contributed by atoms with Crippen molar-refractivity contribution in [2.24, 2.45) is 0 Å². The number of fused-ring (bicyclic) bond motifs is 1. The molecular weight excluding hydrogens is 268 g/mol. The largest absolute Gasteiger partial charge is 0.463 e. The lowest BCUT2D eigenvalue weighted by Crippen LogP contribution is -2.34. The second kappa shape index (κ2) is 6.74. The van der Waals surface area contributed by atoms with E-state index in [1.54, 1.807) is 0 Å². The molecule has 1 amide bonds. The number of benzene rings is 1. The van der Waals surface area contributed by atoms with Crippen molar-refractivity contribution in [2.75, 3.05) is 26.2 Å². The van der Waals surface area contributed by atoms with Crippen molar-refractivity contribution in [3.05, 3.63) is 36.1 Å². The van der Waals surface area contributed by atoms with E-state index in [0.29, 0.717) is 24.8 Å². The van der Waals surface area contributed by atoms with Gasteiger partial charge in [-0.05, 0) is 32.0 Å². The number of piperidine rings is 1. The number of hydrogen-bond acceptors (Lipinski definition) is 4. The Hall–Kier alpha value is -1.85. The van der Waals surface area contributed by atoms with Gasteiger partial charge >= 0.3 is 0 Å². The van der Waals surface area contributed by atoms with Gasteiger partial charge in [0.1, 0.15) is 11.8 Å². The summed E-state index contributed by atoms with van der Waals surface area (Å²) in [6, 6.07) is 7.53. The van der Waals surface area contributed by atoms with Crippen LogP contribution >= 0.6 is 0 Å². The molecule has 3 rings (SSSR count). The summed E-state index contributed by atoms with van der Waals surface area (Å²) in [5.74, 6) is -0.117. The standard InChI is InChI=1S/C16H20N2O3/c19-16(14-11-21-15-4-2-1-3-13(14)15)18-9-10-20-12-5-7-17-8-6-12/h1-4,11-12,17H,5-10H2,(H,18,19). The van der Waals surface area contributed by atoms with Crippen LogP contribution in [-0.2, 0) is 4.74 Å². The molecule has 0 saturated carbocycles. The van der Waals surface area contributed by atoms with E-state index in [2.05, 4.69) is 10.6 Å². The summed E-state index contributed by atoms with van der Waals surface area (Å²) in [7, 11) is 0. The van der Waals surface area contributed by atoms with Gasteiger partial charge in [-0.3, -0.25) is 4.79 Å². The highest BCUT2D eigenvalue weighted by atomic mass is 16.5. The first-order chi connectivity index (χ1) is 10.3. The Balaban J connectivity index is 1.48. The first-order valence-corrected chi connectivity index (χ1v) is 7.41. The molecule has 2 N–H and O–H groups in total. The highest BCUT2D eigenvalue weighted by Gasteiger charge is 2.14. The molecule has 0 unspecified atom stereocenters. The third kappa shape index (κ3) is 3.43. The quantitative estimate of drug-likeness (QED) is 0.825. The van der Waals surface area contributed by atoms with Gasteiger partial charge in [-0.2, -0.15) is 0 Å². The molecule has 112 valence electrons. The number of carbonyl (C=O) groups is 1. The van der Waals surface area contributed by atoms with Crippen molar-refractivity contribution < 1.29 is 13.9 Å². The van der Waals surface area contributed by atoms with Gasteiger partial charge in [-0.25, -0.2) is 0 Å². The number of carbonyl (C=O) groups excluding carboxylic acids is 1. The molecule has 0 radical (unpaired) electrons. The van der Waals surface area contributed by atoms with Crippen molar-refractivity contribution in [2.45, 2.75) is 18.9 Å². The maximum Gasteiger partial charge on any atom is 0.255 e. The van der Waals surface area contributed by atoms with E-state index in [4.69, 9.17) is 9.15 Å². The van der Waals surface area contributed by atoms with Crippen molar-refractivity contribution in [3.8, 4) is 0 Å². The highest BCUT2D eigenvalue weighted by molar-refractivity contribution is 6.05.